The lowest BCUT2D eigenvalue weighted by Crippen LogP contribution is -2.51. The molecule has 3 saturated carbocycles. The summed E-state index contributed by atoms with van der Waals surface area (Å²) in [5.74, 6) is 4.17. The van der Waals surface area contributed by atoms with E-state index in [0.717, 1.165) is 49.4 Å². The third-order valence-corrected chi connectivity index (χ3v) is 10.4. The molecule has 0 saturated heterocycles. The van der Waals surface area contributed by atoms with Gasteiger partial charge in [0.05, 0.1) is 0 Å². The molecule has 3 fully saturated rings. The highest BCUT2D eigenvalue weighted by atomic mass is 16.5. The van der Waals surface area contributed by atoms with Crippen LogP contribution in [0.4, 0.5) is 0 Å². The number of ether oxygens (including phenoxy) is 1. The van der Waals surface area contributed by atoms with Crippen molar-refractivity contribution in [1.29, 1.82) is 0 Å². The number of Topliss-reactive ketones (excluding diaryl/α,β-unsaturated/α-hetero) is 1. The Morgan fingerprint density at radius 3 is 2.61 bits per heavy atom. The van der Waals surface area contributed by atoms with E-state index in [9.17, 15) is 9.59 Å². The molecule has 0 bridgehead atoms. The molecule has 0 aliphatic heterocycles. The van der Waals surface area contributed by atoms with Gasteiger partial charge >= 0.3 is 5.97 Å². The average molecular weight is 429 g/mol. The molecule has 3 heteroatoms. The molecule has 8 atom stereocenters. The molecule has 174 valence electrons. The van der Waals surface area contributed by atoms with Crippen LogP contribution in [0.1, 0.15) is 105 Å². The summed E-state index contributed by atoms with van der Waals surface area (Å²) in [6.45, 7) is 11.1. The van der Waals surface area contributed by atoms with Crippen LogP contribution in [0.5, 0.6) is 0 Å². The maximum absolute atomic E-state index is 11.9. The zero-order valence-electron chi connectivity index (χ0n) is 20.5. The van der Waals surface area contributed by atoms with Crippen molar-refractivity contribution in [3.8, 4) is 0 Å². The topological polar surface area (TPSA) is 43.4 Å². The number of ketones is 1. The fourth-order valence-electron chi connectivity index (χ4n) is 8.70. The summed E-state index contributed by atoms with van der Waals surface area (Å²) in [4.78, 5) is 23.4. The fourth-order valence-corrected chi connectivity index (χ4v) is 8.70. The van der Waals surface area contributed by atoms with Crippen molar-refractivity contribution >= 4 is 11.8 Å². The molecule has 0 heterocycles. The van der Waals surface area contributed by atoms with Gasteiger partial charge in [-0.1, -0.05) is 39.3 Å². The Hall–Kier alpha value is -1.12. The summed E-state index contributed by atoms with van der Waals surface area (Å²) in [7, 11) is 0. The SMILES string of the molecule is CCC(=O)CC[C@@H](C)[C@H]1CC[C@H]2[C@@H]3CC=C4CC(OC(C)=O)CC[C@]4(C)[C@H]3CC[C@]12C. The summed E-state index contributed by atoms with van der Waals surface area (Å²) >= 11 is 0. The zero-order valence-corrected chi connectivity index (χ0v) is 20.5. The Morgan fingerprint density at radius 2 is 1.90 bits per heavy atom. The molecule has 0 aromatic rings. The minimum absolute atomic E-state index is 0.0878. The van der Waals surface area contributed by atoms with Gasteiger partial charge in [0.1, 0.15) is 11.9 Å². The van der Waals surface area contributed by atoms with E-state index < -0.39 is 0 Å². The third-order valence-electron chi connectivity index (χ3n) is 10.4. The van der Waals surface area contributed by atoms with Crippen molar-refractivity contribution < 1.29 is 14.3 Å². The Balaban J connectivity index is 1.48. The van der Waals surface area contributed by atoms with Crippen molar-refractivity contribution in [1.82, 2.24) is 0 Å². The molecule has 4 aliphatic rings. The molecule has 1 unspecified atom stereocenters. The quantitative estimate of drug-likeness (QED) is 0.342. The normalized spacial score (nSPS) is 42.6. The van der Waals surface area contributed by atoms with E-state index in [1.165, 1.54) is 45.4 Å². The molecule has 0 radical (unpaired) electrons. The van der Waals surface area contributed by atoms with Crippen molar-refractivity contribution in [2.24, 2.45) is 40.4 Å². The summed E-state index contributed by atoms with van der Waals surface area (Å²) < 4.78 is 5.59. The van der Waals surface area contributed by atoms with Crippen LogP contribution in [0.2, 0.25) is 0 Å². The average Bonchev–Trinajstić information content (AvgIpc) is 3.09. The Morgan fingerprint density at radius 1 is 1.13 bits per heavy atom. The van der Waals surface area contributed by atoms with Crippen LogP contribution in [0.25, 0.3) is 0 Å². The van der Waals surface area contributed by atoms with Gasteiger partial charge in [-0.3, -0.25) is 9.59 Å². The van der Waals surface area contributed by atoms with E-state index >= 15 is 0 Å². The molecule has 4 aliphatic carbocycles. The molecule has 0 aromatic carbocycles. The summed E-state index contributed by atoms with van der Waals surface area (Å²) in [5.41, 5.74) is 2.33. The second-order valence-corrected chi connectivity index (χ2v) is 11.9. The first-order chi connectivity index (χ1) is 14.7. The fraction of sp³-hybridized carbons (Fsp3) is 0.857. The lowest BCUT2D eigenvalue weighted by molar-refractivity contribution is -0.148. The number of rotatable bonds is 6. The standard InChI is InChI=1S/C28H44O3/c1-6-21(30)9-7-18(2)24-11-12-25-23-10-8-20-17-22(31-19(3)29)13-15-27(20,4)26(23)14-16-28(24,25)5/h8,18,22-26H,6-7,9-17H2,1-5H3/t18-,22?,23+,24-,25+,26+,27+,28-/m1/s1. The number of esters is 1. The van der Waals surface area contributed by atoms with Gasteiger partial charge in [-0.05, 0) is 91.8 Å². The van der Waals surface area contributed by atoms with Crippen LogP contribution >= 0.6 is 0 Å². The second kappa shape index (κ2) is 8.67. The highest BCUT2D eigenvalue weighted by Crippen LogP contribution is 2.67. The van der Waals surface area contributed by atoms with Crippen LogP contribution in [-0.2, 0) is 14.3 Å². The van der Waals surface area contributed by atoms with E-state index in [-0.39, 0.29) is 12.1 Å². The van der Waals surface area contributed by atoms with Gasteiger partial charge in [0.2, 0.25) is 0 Å². The van der Waals surface area contributed by atoms with Crippen molar-refractivity contribution in [3.63, 3.8) is 0 Å². The van der Waals surface area contributed by atoms with E-state index in [1.807, 2.05) is 6.92 Å². The molecule has 0 spiro atoms. The summed E-state index contributed by atoms with van der Waals surface area (Å²) in [5, 5.41) is 0. The minimum atomic E-state index is -0.136. The maximum atomic E-state index is 11.9. The van der Waals surface area contributed by atoms with Gasteiger partial charge in [0, 0.05) is 26.2 Å². The Kier molecular flexibility index (Phi) is 6.45. The van der Waals surface area contributed by atoms with E-state index in [4.69, 9.17) is 4.74 Å². The predicted octanol–water partition coefficient (Wildman–Crippen LogP) is 6.89. The van der Waals surface area contributed by atoms with Crippen LogP contribution in [0.3, 0.4) is 0 Å². The number of hydrogen-bond acceptors (Lipinski definition) is 3. The van der Waals surface area contributed by atoms with E-state index in [1.54, 1.807) is 5.57 Å². The van der Waals surface area contributed by atoms with Gasteiger partial charge in [0.15, 0.2) is 0 Å². The monoisotopic (exact) mass is 428 g/mol. The van der Waals surface area contributed by atoms with Crippen LogP contribution < -0.4 is 0 Å². The first kappa shape index (κ1) is 23.1. The number of carbonyl (C=O) groups is 2. The van der Waals surface area contributed by atoms with Crippen molar-refractivity contribution in [2.45, 2.75) is 111 Å². The highest BCUT2D eigenvalue weighted by Gasteiger charge is 2.59. The van der Waals surface area contributed by atoms with Gasteiger partial charge < -0.3 is 4.74 Å². The minimum Gasteiger partial charge on any atom is -0.462 e. The molecular weight excluding hydrogens is 384 g/mol. The molecule has 4 rings (SSSR count). The molecule has 31 heavy (non-hydrogen) atoms. The number of carbonyl (C=O) groups excluding carboxylic acids is 2. The van der Waals surface area contributed by atoms with E-state index in [2.05, 4.69) is 26.8 Å². The first-order valence-electron chi connectivity index (χ1n) is 13.1. The molecule has 0 aromatic heterocycles. The lowest BCUT2D eigenvalue weighted by Gasteiger charge is -2.58. The summed E-state index contributed by atoms with van der Waals surface area (Å²) in [6.07, 6.45) is 15.0. The Labute approximate surface area is 189 Å². The first-order valence-corrected chi connectivity index (χ1v) is 13.1. The number of fused-ring (bicyclic) bond motifs is 5. The van der Waals surface area contributed by atoms with Crippen LogP contribution in [0, 0.1) is 40.4 Å². The molecular formula is C28H44O3. The maximum Gasteiger partial charge on any atom is 0.302 e. The third kappa shape index (κ3) is 4.04. The van der Waals surface area contributed by atoms with Crippen LogP contribution in [0.15, 0.2) is 11.6 Å². The molecule has 0 amide bonds. The van der Waals surface area contributed by atoms with Crippen LogP contribution in [-0.4, -0.2) is 17.9 Å². The zero-order chi connectivity index (χ0) is 22.4. The van der Waals surface area contributed by atoms with Gasteiger partial charge in [-0.25, -0.2) is 0 Å². The van der Waals surface area contributed by atoms with Crippen molar-refractivity contribution in [3.05, 3.63) is 11.6 Å². The Bertz CT molecular complexity index is 739. The largest absolute Gasteiger partial charge is 0.462 e. The number of hydrogen-bond donors (Lipinski definition) is 0. The van der Waals surface area contributed by atoms with Gasteiger partial charge in [0.25, 0.3) is 0 Å². The van der Waals surface area contributed by atoms with Crippen molar-refractivity contribution in [2.75, 3.05) is 0 Å². The predicted molar refractivity (Wildman–Crippen MR) is 124 cm³/mol. The van der Waals surface area contributed by atoms with E-state index in [0.29, 0.717) is 29.0 Å². The second-order valence-electron chi connectivity index (χ2n) is 11.9. The molecule has 0 N–H and O–H groups in total. The number of allylic oxidation sites excluding steroid dienone is 1. The highest BCUT2D eigenvalue weighted by molar-refractivity contribution is 5.77. The van der Waals surface area contributed by atoms with Gasteiger partial charge in [-0.2, -0.15) is 0 Å². The molecule has 3 nitrogen and oxygen atoms in total. The van der Waals surface area contributed by atoms with Gasteiger partial charge in [-0.15, -0.1) is 0 Å². The smallest absolute Gasteiger partial charge is 0.302 e. The summed E-state index contributed by atoms with van der Waals surface area (Å²) in [6, 6.07) is 0. The lowest BCUT2D eigenvalue weighted by atomic mass is 9.47.